The molecule has 0 saturated heterocycles. The second-order valence-electron chi connectivity index (χ2n) is 2.95. The van der Waals surface area contributed by atoms with E-state index in [0.717, 1.165) is 6.54 Å². The topological polar surface area (TPSA) is 47.8 Å². The molecule has 4 heteroatoms. The van der Waals surface area contributed by atoms with Gasteiger partial charge in [0.2, 0.25) is 0 Å². The van der Waals surface area contributed by atoms with Crippen LogP contribution in [0.25, 0.3) is 0 Å². The minimum atomic E-state index is -0.213. The van der Waals surface area contributed by atoms with E-state index in [9.17, 15) is 4.79 Å². The molecule has 4 nitrogen and oxygen atoms in total. The number of nitrogens with zero attached hydrogens (tertiary/aromatic N) is 3. The molecule has 1 aromatic heterocycles. The maximum Gasteiger partial charge on any atom is 0.294 e. The number of hydrogen-bond donors (Lipinski definition) is 0. The van der Waals surface area contributed by atoms with Crippen molar-refractivity contribution in [2.24, 2.45) is 0 Å². The summed E-state index contributed by atoms with van der Waals surface area (Å²) >= 11 is 0. The van der Waals surface area contributed by atoms with Gasteiger partial charge in [0.1, 0.15) is 12.0 Å². The van der Waals surface area contributed by atoms with Gasteiger partial charge in [-0.05, 0) is 6.92 Å². The van der Waals surface area contributed by atoms with Crippen LogP contribution in [0.1, 0.15) is 32.4 Å². The Bertz CT molecular complexity index is 316. The molecular formula is C8H13N3O. The lowest BCUT2D eigenvalue weighted by Gasteiger charge is -2.05. The van der Waals surface area contributed by atoms with E-state index in [-0.39, 0.29) is 11.5 Å². The maximum atomic E-state index is 11.1. The van der Waals surface area contributed by atoms with E-state index >= 15 is 0 Å². The van der Waals surface area contributed by atoms with Gasteiger partial charge >= 0.3 is 0 Å². The smallest absolute Gasteiger partial charge is 0.265 e. The van der Waals surface area contributed by atoms with Gasteiger partial charge in [-0.1, -0.05) is 13.8 Å². The summed E-state index contributed by atoms with van der Waals surface area (Å²) < 4.78 is 1.66. The summed E-state index contributed by atoms with van der Waals surface area (Å²) in [6.45, 7) is 6.58. The molecule has 12 heavy (non-hydrogen) atoms. The van der Waals surface area contributed by atoms with Gasteiger partial charge in [-0.3, -0.25) is 9.48 Å². The van der Waals surface area contributed by atoms with E-state index in [0.29, 0.717) is 5.69 Å². The fourth-order valence-corrected chi connectivity index (χ4v) is 0.907. The van der Waals surface area contributed by atoms with Crippen LogP contribution in [0.3, 0.4) is 0 Å². The summed E-state index contributed by atoms with van der Waals surface area (Å²) in [6.07, 6.45) is 1.47. The number of aryl methyl sites for hydroxylation is 1. The van der Waals surface area contributed by atoms with E-state index in [1.54, 1.807) is 4.68 Å². The van der Waals surface area contributed by atoms with Crippen molar-refractivity contribution in [3.63, 3.8) is 0 Å². The summed E-state index contributed by atoms with van der Waals surface area (Å²) in [5.41, 5.74) is 0.328. The average molecular weight is 167 g/mol. The van der Waals surface area contributed by atoms with Gasteiger partial charge in [-0.15, -0.1) is 0 Å². The maximum absolute atomic E-state index is 11.1. The number of rotatable bonds is 2. The van der Waals surface area contributed by atoms with Crippen LogP contribution in [0, 0.1) is 0 Å². The molecule has 0 unspecified atom stereocenters. The molecule has 1 rings (SSSR count). The molecule has 0 amide bonds. The molecule has 66 valence electrons. The lowest BCUT2D eigenvalue weighted by Crippen LogP contribution is -2.21. The molecule has 0 aromatic carbocycles. The van der Waals surface area contributed by atoms with Crippen LogP contribution >= 0.6 is 0 Å². The summed E-state index contributed by atoms with van der Waals surface area (Å²) in [6, 6.07) is 0. The minimum absolute atomic E-state index is 0.143. The van der Waals surface area contributed by atoms with E-state index in [4.69, 9.17) is 0 Å². The van der Waals surface area contributed by atoms with E-state index in [1.165, 1.54) is 6.33 Å². The fourth-order valence-electron chi connectivity index (χ4n) is 0.907. The quantitative estimate of drug-likeness (QED) is 0.654. The predicted molar refractivity (Wildman–Crippen MR) is 46.1 cm³/mol. The highest BCUT2D eigenvalue weighted by Gasteiger charge is 2.06. The molecule has 0 N–H and O–H groups in total. The first-order valence-corrected chi connectivity index (χ1v) is 4.08. The van der Waals surface area contributed by atoms with Crippen LogP contribution < -0.4 is 5.56 Å². The van der Waals surface area contributed by atoms with Crippen LogP contribution in [-0.2, 0) is 6.54 Å². The van der Waals surface area contributed by atoms with Crippen molar-refractivity contribution in [2.75, 3.05) is 0 Å². The first-order valence-electron chi connectivity index (χ1n) is 4.08. The zero-order valence-corrected chi connectivity index (χ0v) is 7.61. The lowest BCUT2D eigenvalue weighted by atomic mass is 10.1. The van der Waals surface area contributed by atoms with E-state index in [2.05, 4.69) is 10.1 Å². The normalized spacial score (nSPS) is 10.7. The predicted octanol–water partition coefficient (Wildman–Crippen LogP) is 0.782. The van der Waals surface area contributed by atoms with Gasteiger partial charge in [0, 0.05) is 12.5 Å². The Morgan fingerprint density at radius 1 is 1.58 bits per heavy atom. The Kier molecular flexibility index (Phi) is 2.58. The first kappa shape index (κ1) is 8.90. The fraction of sp³-hybridized carbons (Fsp3) is 0.625. The molecule has 0 aliphatic rings. The van der Waals surface area contributed by atoms with Crippen molar-refractivity contribution in [1.29, 1.82) is 0 Å². The molecule has 0 aliphatic carbocycles. The number of hydrogen-bond acceptors (Lipinski definition) is 3. The van der Waals surface area contributed by atoms with E-state index in [1.807, 2.05) is 20.8 Å². The summed E-state index contributed by atoms with van der Waals surface area (Å²) in [7, 11) is 0. The third-order valence-electron chi connectivity index (χ3n) is 1.63. The van der Waals surface area contributed by atoms with Crippen molar-refractivity contribution in [3.05, 3.63) is 22.4 Å². The molecule has 1 heterocycles. The second kappa shape index (κ2) is 3.47. The second-order valence-corrected chi connectivity index (χ2v) is 2.95. The molecule has 0 spiro atoms. The summed E-state index contributed by atoms with van der Waals surface area (Å²) in [5, 5.41) is 4.13. The van der Waals surface area contributed by atoms with Crippen molar-refractivity contribution in [3.8, 4) is 0 Å². The molecule has 0 bridgehead atoms. The molecule has 0 saturated carbocycles. The van der Waals surface area contributed by atoms with Crippen LogP contribution in [0.5, 0.6) is 0 Å². The van der Waals surface area contributed by atoms with Gasteiger partial charge in [0.15, 0.2) is 0 Å². The Labute approximate surface area is 71.3 Å². The van der Waals surface area contributed by atoms with Crippen LogP contribution in [0.4, 0.5) is 0 Å². The van der Waals surface area contributed by atoms with Crippen molar-refractivity contribution in [1.82, 2.24) is 14.8 Å². The van der Waals surface area contributed by atoms with Gasteiger partial charge in [0.05, 0.1) is 0 Å². The van der Waals surface area contributed by atoms with Gasteiger partial charge < -0.3 is 0 Å². The molecule has 0 aliphatic heterocycles. The molecule has 0 radical (unpaired) electrons. The van der Waals surface area contributed by atoms with Gasteiger partial charge in [-0.2, -0.15) is 10.1 Å². The largest absolute Gasteiger partial charge is 0.294 e. The highest BCUT2D eigenvalue weighted by Crippen LogP contribution is 2.03. The minimum Gasteiger partial charge on any atom is -0.265 e. The Morgan fingerprint density at radius 2 is 2.25 bits per heavy atom. The summed E-state index contributed by atoms with van der Waals surface area (Å²) in [5.74, 6) is 0.143. The number of aromatic nitrogens is 3. The van der Waals surface area contributed by atoms with Gasteiger partial charge in [0.25, 0.3) is 5.56 Å². The molecule has 0 atom stereocenters. The first-order chi connectivity index (χ1) is 5.65. The highest BCUT2D eigenvalue weighted by molar-refractivity contribution is 4.98. The highest BCUT2D eigenvalue weighted by atomic mass is 16.1. The van der Waals surface area contributed by atoms with Crippen LogP contribution in [0.2, 0.25) is 0 Å². The average Bonchev–Trinajstić information content (AvgIpc) is 2.05. The molecule has 0 fully saturated rings. The lowest BCUT2D eigenvalue weighted by molar-refractivity contribution is 0.580. The third kappa shape index (κ3) is 1.69. The van der Waals surface area contributed by atoms with Crippen molar-refractivity contribution >= 4 is 0 Å². The SMILES string of the molecule is CCn1cnc(=O)c(C(C)C)n1. The van der Waals surface area contributed by atoms with Crippen LogP contribution in [-0.4, -0.2) is 14.8 Å². The molecular weight excluding hydrogens is 154 g/mol. The Morgan fingerprint density at radius 3 is 2.75 bits per heavy atom. The zero-order chi connectivity index (χ0) is 9.14. The standard InChI is InChI=1S/C8H13N3O/c1-4-11-5-9-8(12)7(10-11)6(2)3/h5-6H,4H2,1-3H3. The van der Waals surface area contributed by atoms with E-state index < -0.39 is 0 Å². The van der Waals surface area contributed by atoms with Crippen molar-refractivity contribution in [2.45, 2.75) is 33.2 Å². The van der Waals surface area contributed by atoms with Gasteiger partial charge in [-0.25, -0.2) is 0 Å². The monoisotopic (exact) mass is 167 g/mol. The third-order valence-corrected chi connectivity index (χ3v) is 1.63. The molecule has 1 aromatic rings. The zero-order valence-electron chi connectivity index (χ0n) is 7.61. The van der Waals surface area contributed by atoms with Crippen LogP contribution in [0.15, 0.2) is 11.1 Å². The Hall–Kier alpha value is -1.19. The Balaban J connectivity index is 3.17. The van der Waals surface area contributed by atoms with Crippen molar-refractivity contribution < 1.29 is 0 Å². The summed E-state index contributed by atoms with van der Waals surface area (Å²) in [4.78, 5) is 14.9.